The molecular formula is C14H28N2O. The molecule has 0 atom stereocenters. The van der Waals surface area contributed by atoms with Gasteiger partial charge in [0.05, 0.1) is 5.54 Å². The van der Waals surface area contributed by atoms with E-state index < -0.39 is 0 Å². The van der Waals surface area contributed by atoms with Gasteiger partial charge in [-0.15, -0.1) is 0 Å². The summed E-state index contributed by atoms with van der Waals surface area (Å²) in [6.45, 7) is 7.15. The minimum absolute atomic E-state index is 0.111. The molecule has 0 unspecified atom stereocenters. The second-order valence-corrected chi connectivity index (χ2v) is 6.15. The van der Waals surface area contributed by atoms with Crippen LogP contribution in [-0.2, 0) is 4.79 Å². The fourth-order valence-electron chi connectivity index (χ4n) is 2.47. The molecule has 1 rings (SSSR count). The first kappa shape index (κ1) is 14.5. The summed E-state index contributed by atoms with van der Waals surface area (Å²) in [5.41, 5.74) is 5.76. The van der Waals surface area contributed by atoms with Crippen LogP contribution in [0.25, 0.3) is 0 Å². The quantitative estimate of drug-likeness (QED) is 0.775. The van der Waals surface area contributed by atoms with Gasteiger partial charge in [0.2, 0.25) is 5.91 Å². The molecule has 0 aromatic rings. The molecule has 3 nitrogen and oxygen atoms in total. The lowest BCUT2D eigenvalue weighted by Gasteiger charge is -2.39. The lowest BCUT2D eigenvalue weighted by Crippen LogP contribution is -2.55. The second-order valence-electron chi connectivity index (χ2n) is 6.15. The predicted molar refractivity (Wildman–Crippen MR) is 71.6 cm³/mol. The van der Waals surface area contributed by atoms with E-state index in [0.717, 1.165) is 25.2 Å². The first-order valence-electron chi connectivity index (χ1n) is 6.98. The molecule has 0 spiro atoms. The molecule has 0 heterocycles. The monoisotopic (exact) mass is 240 g/mol. The number of nitrogens with two attached hydrogens (primary N) is 1. The van der Waals surface area contributed by atoms with E-state index in [1.54, 1.807) is 0 Å². The van der Waals surface area contributed by atoms with Gasteiger partial charge < -0.3 is 11.1 Å². The summed E-state index contributed by atoms with van der Waals surface area (Å²) < 4.78 is 0. The van der Waals surface area contributed by atoms with Crippen molar-refractivity contribution in [3.63, 3.8) is 0 Å². The van der Waals surface area contributed by atoms with Crippen LogP contribution < -0.4 is 11.1 Å². The zero-order valence-corrected chi connectivity index (χ0v) is 11.6. The molecular weight excluding hydrogens is 212 g/mol. The van der Waals surface area contributed by atoms with Gasteiger partial charge in [-0.3, -0.25) is 4.79 Å². The van der Waals surface area contributed by atoms with Gasteiger partial charge in [-0.25, -0.2) is 0 Å². The molecule has 100 valence electrons. The molecule has 1 aliphatic rings. The summed E-state index contributed by atoms with van der Waals surface area (Å²) in [7, 11) is 0. The summed E-state index contributed by atoms with van der Waals surface area (Å²) in [6, 6.07) is 0. The van der Waals surface area contributed by atoms with Gasteiger partial charge in [-0.2, -0.15) is 0 Å². The Kier molecular flexibility index (Phi) is 5.44. The van der Waals surface area contributed by atoms with E-state index in [4.69, 9.17) is 5.73 Å². The zero-order valence-electron chi connectivity index (χ0n) is 11.6. The van der Waals surface area contributed by atoms with Gasteiger partial charge >= 0.3 is 0 Å². The molecule has 1 fully saturated rings. The molecule has 0 aliphatic heterocycles. The van der Waals surface area contributed by atoms with Crippen molar-refractivity contribution in [1.82, 2.24) is 5.32 Å². The number of rotatable bonds is 5. The van der Waals surface area contributed by atoms with Crippen LogP contribution >= 0.6 is 0 Å². The molecule has 1 amide bonds. The van der Waals surface area contributed by atoms with E-state index in [2.05, 4.69) is 26.1 Å². The SMILES string of the molecule is CC(C)CCC(=O)NC1(CN)CCC(C)CC1. The number of carbonyl (C=O) groups is 1. The molecule has 0 saturated heterocycles. The van der Waals surface area contributed by atoms with Crippen LogP contribution in [0.3, 0.4) is 0 Å². The van der Waals surface area contributed by atoms with E-state index in [1.807, 2.05) is 0 Å². The van der Waals surface area contributed by atoms with Crippen molar-refractivity contribution in [1.29, 1.82) is 0 Å². The largest absolute Gasteiger partial charge is 0.349 e. The molecule has 0 bridgehead atoms. The van der Waals surface area contributed by atoms with Crippen molar-refractivity contribution in [2.45, 2.75) is 64.8 Å². The van der Waals surface area contributed by atoms with Gasteiger partial charge in [0, 0.05) is 13.0 Å². The van der Waals surface area contributed by atoms with E-state index in [9.17, 15) is 4.79 Å². The zero-order chi connectivity index (χ0) is 12.9. The summed E-state index contributed by atoms with van der Waals surface area (Å²) in [4.78, 5) is 11.9. The molecule has 1 aliphatic carbocycles. The first-order valence-corrected chi connectivity index (χ1v) is 6.98. The Labute approximate surface area is 106 Å². The lowest BCUT2D eigenvalue weighted by atomic mass is 9.77. The average Bonchev–Trinajstić information content (AvgIpc) is 2.30. The van der Waals surface area contributed by atoms with E-state index in [0.29, 0.717) is 18.9 Å². The van der Waals surface area contributed by atoms with Gasteiger partial charge in [0.25, 0.3) is 0 Å². The highest BCUT2D eigenvalue weighted by Crippen LogP contribution is 2.31. The fraction of sp³-hybridized carbons (Fsp3) is 0.929. The molecule has 3 heteroatoms. The molecule has 0 radical (unpaired) electrons. The number of amides is 1. The first-order chi connectivity index (χ1) is 7.97. The number of carbonyl (C=O) groups excluding carboxylic acids is 1. The Balaban J connectivity index is 2.43. The molecule has 0 aromatic carbocycles. The van der Waals surface area contributed by atoms with Gasteiger partial charge in [0.1, 0.15) is 0 Å². The van der Waals surface area contributed by atoms with Crippen LogP contribution in [0, 0.1) is 11.8 Å². The summed E-state index contributed by atoms with van der Waals surface area (Å²) in [5, 5.41) is 3.19. The topological polar surface area (TPSA) is 55.1 Å². The maximum absolute atomic E-state index is 11.9. The minimum Gasteiger partial charge on any atom is -0.349 e. The van der Waals surface area contributed by atoms with Crippen LogP contribution in [0.15, 0.2) is 0 Å². The van der Waals surface area contributed by atoms with Crippen LogP contribution in [0.5, 0.6) is 0 Å². The van der Waals surface area contributed by atoms with Gasteiger partial charge in [-0.1, -0.05) is 20.8 Å². The Morgan fingerprint density at radius 3 is 2.47 bits per heavy atom. The van der Waals surface area contributed by atoms with Crippen molar-refractivity contribution >= 4 is 5.91 Å². The molecule has 17 heavy (non-hydrogen) atoms. The summed E-state index contributed by atoms with van der Waals surface area (Å²) in [5.74, 6) is 1.54. The Bertz CT molecular complexity index is 243. The third-order valence-corrected chi connectivity index (χ3v) is 3.98. The summed E-state index contributed by atoms with van der Waals surface area (Å²) >= 11 is 0. The van der Waals surface area contributed by atoms with E-state index in [-0.39, 0.29) is 11.4 Å². The van der Waals surface area contributed by atoms with Crippen molar-refractivity contribution in [2.24, 2.45) is 17.6 Å². The van der Waals surface area contributed by atoms with Crippen molar-refractivity contribution in [2.75, 3.05) is 6.54 Å². The maximum atomic E-state index is 11.9. The van der Waals surface area contributed by atoms with Gasteiger partial charge in [-0.05, 0) is 43.9 Å². The van der Waals surface area contributed by atoms with Crippen LogP contribution in [0.2, 0.25) is 0 Å². The molecule has 1 saturated carbocycles. The van der Waals surface area contributed by atoms with Crippen molar-refractivity contribution in [3.8, 4) is 0 Å². The third kappa shape index (κ3) is 4.66. The maximum Gasteiger partial charge on any atom is 0.220 e. The Hall–Kier alpha value is -0.570. The number of hydrogen-bond acceptors (Lipinski definition) is 2. The fourth-order valence-corrected chi connectivity index (χ4v) is 2.47. The van der Waals surface area contributed by atoms with Crippen molar-refractivity contribution in [3.05, 3.63) is 0 Å². The smallest absolute Gasteiger partial charge is 0.220 e. The Morgan fingerprint density at radius 1 is 1.41 bits per heavy atom. The standard InChI is InChI=1S/C14H28N2O/c1-11(2)4-5-13(17)16-14(10-15)8-6-12(3)7-9-14/h11-12H,4-10,15H2,1-3H3,(H,16,17). The molecule has 3 N–H and O–H groups in total. The number of hydrogen-bond donors (Lipinski definition) is 2. The lowest BCUT2D eigenvalue weighted by molar-refractivity contribution is -0.123. The van der Waals surface area contributed by atoms with Crippen molar-refractivity contribution < 1.29 is 4.79 Å². The van der Waals surface area contributed by atoms with Gasteiger partial charge in [0.15, 0.2) is 0 Å². The highest BCUT2D eigenvalue weighted by Gasteiger charge is 2.33. The highest BCUT2D eigenvalue weighted by molar-refractivity contribution is 5.76. The minimum atomic E-state index is -0.111. The molecule has 0 aromatic heterocycles. The average molecular weight is 240 g/mol. The Morgan fingerprint density at radius 2 is 2.00 bits per heavy atom. The predicted octanol–water partition coefficient (Wildman–Crippen LogP) is 2.45. The normalized spacial score (nSPS) is 29.4. The van der Waals surface area contributed by atoms with Crippen LogP contribution in [0.1, 0.15) is 59.3 Å². The number of nitrogens with one attached hydrogen (secondary N) is 1. The van der Waals surface area contributed by atoms with E-state index in [1.165, 1.54) is 12.8 Å². The van der Waals surface area contributed by atoms with Crippen LogP contribution in [0.4, 0.5) is 0 Å². The van der Waals surface area contributed by atoms with Crippen LogP contribution in [-0.4, -0.2) is 18.0 Å². The second kappa shape index (κ2) is 6.39. The highest BCUT2D eigenvalue weighted by atomic mass is 16.1. The summed E-state index contributed by atoms with van der Waals surface area (Å²) in [6.07, 6.45) is 6.04. The third-order valence-electron chi connectivity index (χ3n) is 3.98. The van der Waals surface area contributed by atoms with E-state index >= 15 is 0 Å².